The highest BCUT2D eigenvalue weighted by Gasteiger charge is 2.15. The fourth-order valence-electron chi connectivity index (χ4n) is 1.79. The van der Waals surface area contributed by atoms with Crippen LogP contribution in [0, 0.1) is 0 Å². The summed E-state index contributed by atoms with van der Waals surface area (Å²) in [7, 11) is 0. The van der Waals surface area contributed by atoms with Gasteiger partial charge in [0.05, 0.1) is 6.04 Å². The van der Waals surface area contributed by atoms with Gasteiger partial charge in [0, 0.05) is 4.88 Å². The van der Waals surface area contributed by atoms with E-state index in [1.54, 1.807) is 11.3 Å². The van der Waals surface area contributed by atoms with E-state index in [4.69, 9.17) is 11.6 Å². The molecule has 18 heavy (non-hydrogen) atoms. The van der Waals surface area contributed by atoms with Gasteiger partial charge in [-0.3, -0.25) is 4.79 Å². The van der Waals surface area contributed by atoms with Crippen molar-refractivity contribution in [3.63, 3.8) is 0 Å². The Labute approximate surface area is 116 Å². The standard InChI is InChI=1S/C14H14ClNOS/c15-10-14(17)16-12(13-7-4-8-18-13)9-11-5-2-1-3-6-11/h1-8,12H,9-10H2,(H,16,17). The normalized spacial score (nSPS) is 12.1. The Morgan fingerprint density at radius 2 is 2.00 bits per heavy atom. The number of benzene rings is 1. The van der Waals surface area contributed by atoms with E-state index in [0.717, 1.165) is 11.3 Å². The average Bonchev–Trinajstić information content (AvgIpc) is 2.93. The van der Waals surface area contributed by atoms with E-state index < -0.39 is 0 Å². The van der Waals surface area contributed by atoms with Crippen LogP contribution in [0.3, 0.4) is 0 Å². The maximum atomic E-state index is 11.5. The number of alkyl halides is 1. The minimum Gasteiger partial charge on any atom is -0.347 e. The molecule has 2 rings (SSSR count). The Morgan fingerprint density at radius 3 is 2.61 bits per heavy atom. The first-order valence-electron chi connectivity index (χ1n) is 5.72. The highest BCUT2D eigenvalue weighted by molar-refractivity contribution is 7.10. The molecular formula is C14H14ClNOS. The van der Waals surface area contributed by atoms with Crippen LogP contribution in [-0.4, -0.2) is 11.8 Å². The third-order valence-electron chi connectivity index (χ3n) is 2.63. The zero-order valence-electron chi connectivity index (χ0n) is 9.80. The molecule has 2 nitrogen and oxygen atoms in total. The second-order valence-electron chi connectivity index (χ2n) is 3.96. The van der Waals surface area contributed by atoms with Crippen LogP contribution < -0.4 is 5.32 Å². The number of rotatable bonds is 5. The first kappa shape index (κ1) is 13.1. The van der Waals surface area contributed by atoms with Crippen LogP contribution in [0.2, 0.25) is 0 Å². The number of thiophene rings is 1. The second-order valence-corrected chi connectivity index (χ2v) is 5.21. The van der Waals surface area contributed by atoms with E-state index in [2.05, 4.69) is 17.4 Å². The van der Waals surface area contributed by atoms with Crippen LogP contribution >= 0.6 is 22.9 Å². The maximum absolute atomic E-state index is 11.5. The van der Waals surface area contributed by atoms with E-state index in [9.17, 15) is 4.79 Å². The van der Waals surface area contributed by atoms with Gasteiger partial charge in [0.15, 0.2) is 0 Å². The van der Waals surface area contributed by atoms with Gasteiger partial charge in [-0.25, -0.2) is 0 Å². The lowest BCUT2D eigenvalue weighted by atomic mass is 10.0. The van der Waals surface area contributed by atoms with Crippen molar-refractivity contribution in [1.82, 2.24) is 5.32 Å². The fraction of sp³-hybridized carbons (Fsp3) is 0.214. The monoisotopic (exact) mass is 279 g/mol. The number of carbonyl (C=O) groups excluding carboxylic acids is 1. The van der Waals surface area contributed by atoms with Crippen molar-refractivity contribution in [2.45, 2.75) is 12.5 Å². The third kappa shape index (κ3) is 3.59. The molecule has 0 spiro atoms. The summed E-state index contributed by atoms with van der Waals surface area (Å²) in [6, 6.07) is 14.1. The quantitative estimate of drug-likeness (QED) is 0.835. The van der Waals surface area contributed by atoms with Crippen LogP contribution in [0.1, 0.15) is 16.5 Å². The average molecular weight is 280 g/mol. The predicted octanol–water partition coefficient (Wildman–Crippen LogP) is 3.39. The smallest absolute Gasteiger partial charge is 0.235 e. The molecule has 1 heterocycles. The summed E-state index contributed by atoms with van der Waals surface area (Å²) in [6.07, 6.45) is 0.782. The molecule has 0 bridgehead atoms. The van der Waals surface area contributed by atoms with Gasteiger partial charge in [-0.15, -0.1) is 22.9 Å². The highest BCUT2D eigenvalue weighted by atomic mass is 35.5. The molecule has 2 aromatic rings. The van der Waals surface area contributed by atoms with Gasteiger partial charge in [-0.1, -0.05) is 36.4 Å². The van der Waals surface area contributed by atoms with Crippen molar-refractivity contribution in [2.75, 3.05) is 5.88 Å². The number of halogens is 1. The summed E-state index contributed by atoms with van der Waals surface area (Å²) in [6.45, 7) is 0. The van der Waals surface area contributed by atoms with Crippen LogP contribution in [0.25, 0.3) is 0 Å². The number of hydrogen-bond donors (Lipinski definition) is 1. The minimum atomic E-state index is -0.133. The molecule has 0 aliphatic rings. The molecule has 0 fully saturated rings. The van der Waals surface area contributed by atoms with Gasteiger partial charge >= 0.3 is 0 Å². The molecule has 94 valence electrons. The fourth-order valence-corrected chi connectivity index (χ4v) is 2.65. The molecule has 1 N–H and O–H groups in total. The van der Waals surface area contributed by atoms with Crippen molar-refractivity contribution in [1.29, 1.82) is 0 Å². The lowest BCUT2D eigenvalue weighted by Gasteiger charge is -2.17. The SMILES string of the molecule is O=C(CCl)NC(Cc1ccccc1)c1cccs1. The van der Waals surface area contributed by atoms with Crippen molar-refractivity contribution in [2.24, 2.45) is 0 Å². The number of carbonyl (C=O) groups is 1. The Kier molecular flexibility index (Phi) is 4.79. The maximum Gasteiger partial charge on any atom is 0.235 e. The molecule has 4 heteroatoms. The predicted molar refractivity (Wildman–Crippen MR) is 76.1 cm³/mol. The van der Waals surface area contributed by atoms with Crippen molar-refractivity contribution >= 4 is 28.8 Å². The van der Waals surface area contributed by atoms with Gasteiger partial charge in [0.1, 0.15) is 5.88 Å². The second kappa shape index (κ2) is 6.57. The van der Waals surface area contributed by atoms with Crippen LogP contribution in [0.15, 0.2) is 47.8 Å². The topological polar surface area (TPSA) is 29.1 Å². The summed E-state index contributed by atoms with van der Waals surface area (Å²) in [5, 5.41) is 4.97. The Hall–Kier alpha value is -1.32. The molecule has 0 aliphatic heterocycles. The van der Waals surface area contributed by atoms with E-state index in [-0.39, 0.29) is 17.8 Å². The zero-order valence-corrected chi connectivity index (χ0v) is 11.4. The molecule has 1 aromatic heterocycles. The first-order valence-corrected chi connectivity index (χ1v) is 7.13. The summed E-state index contributed by atoms with van der Waals surface area (Å²) >= 11 is 7.20. The molecule has 0 saturated heterocycles. The lowest BCUT2D eigenvalue weighted by molar-refractivity contribution is -0.119. The molecule has 1 aromatic carbocycles. The van der Waals surface area contributed by atoms with Crippen LogP contribution in [0.4, 0.5) is 0 Å². The minimum absolute atomic E-state index is 0.00125. The molecule has 1 unspecified atom stereocenters. The molecular weight excluding hydrogens is 266 g/mol. The summed E-state index contributed by atoms with van der Waals surface area (Å²) in [4.78, 5) is 12.6. The molecule has 1 amide bonds. The summed E-state index contributed by atoms with van der Waals surface area (Å²) in [5.74, 6) is -0.137. The van der Waals surface area contributed by atoms with E-state index in [0.29, 0.717) is 0 Å². The van der Waals surface area contributed by atoms with Crippen molar-refractivity contribution < 1.29 is 4.79 Å². The highest BCUT2D eigenvalue weighted by Crippen LogP contribution is 2.22. The van der Waals surface area contributed by atoms with E-state index >= 15 is 0 Å². The molecule has 1 atom stereocenters. The number of hydrogen-bond acceptors (Lipinski definition) is 2. The largest absolute Gasteiger partial charge is 0.347 e. The first-order chi connectivity index (χ1) is 8.79. The number of nitrogens with one attached hydrogen (secondary N) is 1. The van der Waals surface area contributed by atoms with Gasteiger partial charge in [-0.2, -0.15) is 0 Å². The van der Waals surface area contributed by atoms with E-state index in [1.165, 1.54) is 5.56 Å². The van der Waals surface area contributed by atoms with Crippen LogP contribution in [0.5, 0.6) is 0 Å². The van der Waals surface area contributed by atoms with Gasteiger partial charge in [-0.05, 0) is 23.4 Å². The summed E-state index contributed by atoms with van der Waals surface area (Å²) in [5.41, 5.74) is 1.20. The molecule has 0 aliphatic carbocycles. The molecule has 0 radical (unpaired) electrons. The third-order valence-corrected chi connectivity index (χ3v) is 3.85. The Morgan fingerprint density at radius 1 is 1.22 bits per heavy atom. The Bertz CT molecular complexity index is 484. The summed E-state index contributed by atoms with van der Waals surface area (Å²) < 4.78 is 0. The van der Waals surface area contributed by atoms with Crippen molar-refractivity contribution in [3.05, 3.63) is 58.3 Å². The number of amides is 1. The van der Waals surface area contributed by atoms with Gasteiger partial charge < -0.3 is 5.32 Å². The van der Waals surface area contributed by atoms with Crippen LogP contribution in [-0.2, 0) is 11.2 Å². The molecule has 0 saturated carbocycles. The zero-order chi connectivity index (χ0) is 12.8. The van der Waals surface area contributed by atoms with Gasteiger partial charge in [0.25, 0.3) is 0 Å². The Balaban J connectivity index is 2.12. The van der Waals surface area contributed by atoms with Crippen molar-refractivity contribution in [3.8, 4) is 0 Å². The lowest BCUT2D eigenvalue weighted by Crippen LogP contribution is -2.30. The van der Waals surface area contributed by atoms with Gasteiger partial charge in [0.2, 0.25) is 5.91 Å². The van der Waals surface area contributed by atoms with E-state index in [1.807, 2.05) is 35.7 Å².